The van der Waals surface area contributed by atoms with Crippen molar-refractivity contribution in [1.82, 2.24) is 10.2 Å². The van der Waals surface area contributed by atoms with Crippen LogP contribution in [0.2, 0.25) is 0 Å². The lowest BCUT2D eigenvalue weighted by molar-refractivity contribution is 0.102. The fraction of sp³-hybridized carbons (Fsp3) is 0. The SMILES string of the molecule is N#Cc1ccc(-c2ccc3c(NC(=O)c4ccc(F)cc4F)n[nH]c3c2)cc1. The van der Waals surface area contributed by atoms with Gasteiger partial charge in [0.1, 0.15) is 11.6 Å². The van der Waals surface area contributed by atoms with Gasteiger partial charge in [0, 0.05) is 11.5 Å². The predicted octanol–water partition coefficient (Wildman–Crippen LogP) is 4.63. The molecule has 7 heteroatoms. The second-order valence-electron chi connectivity index (χ2n) is 6.10. The third-order valence-corrected chi connectivity index (χ3v) is 4.32. The number of aromatic amines is 1. The minimum absolute atomic E-state index is 0.245. The van der Waals surface area contributed by atoms with Gasteiger partial charge in [-0.1, -0.05) is 18.2 Å². The molecule has 0 saturated heterocycles. The van der Waals surface area contributed by atoms with E-state index in [2.05, 4.69) is 21.6 Å². The van der Waals surface area contributed by atoms with Crippen molar-refractivity contribution >= 4 is 22.6 Å². The molecule has 4 rings (SSSR count). The van der Waals surface area contributed by atoms with Gasteiger partial charge in [-0.05, 0) is 47.5 Å². The molecule has 3 aromatic carbocycles. The molecule has 28 heavy (non-hydrogen) atoms. The summed E-state index contributed by atoms with van der Waals surface area (Å²) in [7, 11) is 0. The Morgan fingerprint density at radius 3 is 2.46 bits per heavy atom. The highest BCUT2D eigenvalue weighted by atomic mass is 19.1. The molecule has 1 aromatic heterocycles. The van der Waals surface area contributed by atoms with Crippen LogP contribution in [0.5, 0.6) is 0 Å². The molecular formula is C21H12F2N4O. The molecule has 4 aromatic rings. The molecule has 0 atom stereocenters. The first-order chi connectivity index (χ1) is 13.5. The summed E-state index contributed by atoms with van der Waals surface area (Å²) >= 11 is 0. The first kappa shape index (κ1) is 17.4. The second-order valence-corrected chi connectivity index (χ2v) is 6.10. The average Bonchev–Trinajstić information content (AvgIpc) is 3.10. The van der Waals surface area contributed by atoms with Crippen molar-refractivity contribution in [2.24, 2.45) is 0 Å². The minimum Gasteiger partial charge on any atom is -0.304 e. The van der Waals surface area contributed by atoms with Crippen molar-refractivity contribution in [1.29, 1.82) is 5.26 Å². The van der Waals surface area contributed by atoms with Gasteiger partial charge in [0.05, 0.1) is 22.7 Å². The molecule has 0 aliphatic rings. The van der Waals surface area contributed by atoms with Gasteiger partial charge in [-0.15, -0.1) is 0 Å². The lowest BCUT2D eigenvalue weighted by Crippen LogP contribution is -2.14. The summed E-state index contributed by atoms with van der Waals surface area (Å²) in [4.78, 5) is 12.3. The Kier molecular flexibility index (Phi) is 4.30. The lowest BCUT2D eigenvalue weighted by Gasteiger charge is -2.05. The third kappa shape index (κ3) is 3.19. The van der Waals surface area contributed by atoms with Crippen molar-refractivity contribution in [2.45, 2.75) is 0 Å². The van der Waals surface area contributed by atoms with Crippen LogP contribution in [-0.2, 0) is 0 Å². The van der Waals surface area contributed by atoms with Gasteiger partial charge < -0.3 is 5.32 Å². The highest BCUT2D eigenvalue weighted by Crippen LogP contribution is 2.27. The molecule has 0 saturated carbocycles. The zero-order chi connectivity index (χ0) is 19.7. The van der Waals surface area contributed by atoms with E-state index in [0.717, 1.165) is 23.3 Å². The number of halogens is 2. The molecule has 136 valence electrons. The van der Waals surface area contributed by atoms with Crippen molar-refractivity contribution in [3.63, 3.8) is 0 Å². The third-order valence-electron chi connectivity index (χ3n) is 4.32. The van der Waals surface area contributed by atoms with Crippen molar-refractivity contribution in [2.75, 3.05) is 5.32 Å². The first-order valence-corrected chi connectivity index (χ1v) is 8.30. The van der Waals surface area contributed by atoms with Crippen molar-refractivity contribution in [3.05, 3.63) is 83.4 Å². The number of benzene rings is 3. The van der Waals surface area contributed by atoms with E-state index >= 15 is 0 Å². The van der Waals surface area contributed by atoms with Gasteiger partial charge >= 0.3 is 0 Å². The van der Waals surface area contributed by atoms with Crippen LogP contribution in [0.1, 0.15) is 15.9 Å². The number of anilines is 1. The van der Waals surface area contributed by atoms with Crippen LogP contribution in [-0.4, -0.2) is 16.1 Å². The zero-order valence-electron chi connectivity index (χ0n) is 14.3. The molecule has 5 nitrogen and oxygen atoms in total. The predicted molar refractivity (Wildman–Crippen MR) is 101 cm³/mol. The van der Waals surface area contributed by atoms with Crippen LogP contribution in [0.15, 0.2) is 60.7 Å². The number of fused-ring (bicyclic) bond motifs is 1. The van der Waals surface area contributed by atoms with E-state index in [1.165, 1.54) is 0 Å². The van der Waals surface area contributed by atoms with Crippen LogP contribution < -0.4 is 5.32 Å². The number of nitrogens with zero attached hydrogens (tertiary/aromatic N) is 2. The Labute approximate surface area is 158 Å². The Hall–Kier alpha value is -4.05. The molecule has 2 N–H and O–H groups in total. The number of amides is 1. The molecule has 0 fully saturated rings. The number of rotatable bonds is 3. The summed E-state index contributed by atoms with van der Waals surface area (Å²) in [5.41, 5.74) is 2.81. The van der Waals surface area contributed by atoms with Gasteiger partial charge in [-0.2, -0.15) is 10.4 Å². The van der Waals surface area contributed by atoms with E-state index in [9.17, 15) is 13.6 Å². The fourth-order valence-electron chi connectivity index (χ4n) is 2.88. The Balaban J connectivity index is 1.62. The fourth-order valence-corrected chi connectivity index (χ4v) is 2.88. The van der Waals surface area contributed by atoms with Crippen LogP contribution in [0.3, 0.4) is 0 Å². The van der Waals surface area contributed by atoms with E-state index in [1.54, 1.807) is 18.2 Å². The normalized spacial score (nSPS) is 10.6. The van der Waals surface area contributed by atoms with Crippen molar-refractivity contribution < 1.29 is 13.6 Å². The highest BCUT2D eigenvalue weighted by Gasteiger charge is 2.16. The minimum atomic E-state index is -0.944. The number of carbonyl (C=O) groups is 1. The number of nitrogens with one attached hydrogen (secondary N) is 2. The number of hydrogen-bond acceptors (Lipinski definition) is 3. The van der Waals surface area contributed by atoms with Crippen LogP contribution in [0.4, 0.5) is 14.6 Å². The zero-order valence-corrected chi connectivity index (χ0v) is 14.3. The number of H-pyrrole nitrogens is 1. The molecule has 1 heterocycles. The Morgan fingerprint density at radius 1 is 1.00 bits per heavy atom. The van der Waals surface area contributed by atoms with Gasteiger partial charge in [-0.3, -0.25) is 9.89 Å². The maximum Gasteiger partial charge on any atom is 0.259 e. The molecule has 0 aliphatic heterocycles. The lowest BCUT2D eigenvalue weighted by atomic mass is 10.0. The van der Waals surface area contributed by atoms with Gasteiger partial charge in [-0.25, -0.2) is 8.78 Å². The molecule has 1 amide bonds. The van der Waals surface area contributed by atoms with Crippen molar-refractivity contribution in [3.8, 4) is 17.2 Å². The molecule has 0 bridgehead atoms. The second kappa shape index (κ2) is 6.93. The topological polar surface area (TPSA) is 81.6 Å². The summed E-state index contributed by atoms with van der Waals surface area (Å²) < 4.78 is 26.8. The highest BCUT2D eigenvalue weighted by molar-refractivity contribution is 6.08. The Morgan fingerprint density at radius 2 is 1.75 bits per heavy atom. The van der Waals surface area contributed by atoms with E-state index in [-0.39, 0.29) is 11.4 Å². The number of carbonyl (C=O) groups excluding carboxylic acids is 1. The van der Waals surface area contributed by atoms with E-state index in [0.29, 0.717) is 22.5 Å². The standard InChI is InChI=1S/C21H12F2N4O/c22-15-6-8-16(18(23)10-15)21(28)25-20-17-7-5-14(9-19(17)26-27-20)13-3-1-12(11-24)2-4-13/h1-10H,(H2,25,26,27,28). The summed E-state index contributed by atoms with van der Waals surface area (Å²) in [6.45, 7) is 0. The number of nitriles is 1. The molecular weight excluding hydrogens is 362 g/mol. The summed E-state index contributed by atoms with van der Waals surface area (Å²) in [5.74, 6) is -2.17. The van der Waals surface area contributed by atoms with Crippen LogP contribution >= 0.6 is 0 Å². The number of hydrogen-bond donors (Lipinski definition) is 2. The van der Waals surface area contributed by atoms with Gasteiger partial charge in [0.15, 0.2) is 5.82 Å². The molecule has 0 spiro atoms. The maximum absolute atomic E-state index is 13.8. The quantitative estimate of drug-likeness (QED) is 0.548. The summed E-state index contributed by atoms with van der Waals surface area (Å²) in [5, 5.41) is 19.0. The maximum atomic E-state index is 13.8. The molecule has 0 radical (unpaired) electrons. The van der Waals surface area contributed by atoms with Gasteiger partial charge in [0.2, 0.25) is 0 Å². The largest absolute Gasteiger partial charge is 0.304 e. The Bertz CT molecular complexity index is 1240. The smallest absolute Gasteiger partial charge is 0.259 e. The number of aromatic nitrogens is 2. The van der Waals surface area contributed by atoms with Crippen LogP contribution in [0, 0.1) is 23.0 Å². The van der Waals surface area contributed by atoms with E-state index < -0.39 is 17.5 Å². The average molecular weight is 374 g/mol. The first-order valence-electron chi connectivity index (χ1n) is 8.30. The summed E-state index contributed by atoms with van der Waals surface area (Å²) in [6, 6.07) is 17.5. The van der Waals surface area contributed by atoms with Crippen LogP contribution in [0.25, 0.3) is 22.0 Å². The molecule has 0 aliphatic carbocycles. The monoisotopic (exact) mass is 374 g/mol. The van der Waals surface area contributed by atoms with Gasteiger partial charge in [0.25, 0.3) is 5.91 Å². The molecule has 0 unspecified atom stereocenters. The summed E-state index contributed by atoms with van der Waals surface area (Å²) in [6.07, 6.45) is 0. The van der Waals surface area contributed by atoms with E-state index in [4.69, 9.17) is 5.26 Å². The van der Waals surface area contributed by atoms with E-state index in [1.807, 2.05) is 24.3 Å².